The fraction of sp³-hybridized carbons (Fsp3) is 0.273. The molecule has 1 heterocycles. The molecule has 1 atom stereocenters. The second-order valence-corrected chi connectivity index (χ2v) is 9.47. The van der Waals surface area contributed by atoms with E-state index in [2.05, 4.69) is 11.9 Å². The van der Waals surface area contributed by atoms with Crippen molar-refractivity contribution in [2.75, 3.05) is 7.05 Å². The minimum atomic E-state index is -1.07. The molecule has 2 aromatic carbocycles. The van der Waals surface area contributed by atoms with Gasteiger partial charge in [0.15, 0.2) is 6.29 Å². The Morgan fingerprint density at radius 3 is 2.25 bits per heavy atom. The molecule has 3 N–H and O–H groups in total. The molecule has 1 aromatic heterocycles. The first-order valence-corrected chi connectivity index (χ1v) is 13.2. The zero-order valence-electron chi connectivity index (χ0n) is 23.6. The number of carboxylic acid groups (broad SMARTS) is 1. The van der Waals surface area contributed by atoms with Gasteiger partial charge in [-0.15, -0.1) is 0 Å². The van der Waals surface area contributed by atoms with Crippen LogP contribution in [0.3, 0.4) is 0 Å². The SMILES string of the molecule is C=C/C=C(\C=C/C)NC.CC(C)c1c(C=O)c(-c2ccccc2)c(-c2ccc(F)cc2)n1CCC(O)CC(=O)O. The lowest BCUT2D eigenvalue weighted by Crippen LogP contribution is -2.17. The number of carbonyl (C=O) groups is 2. The normalized spacial score (nSPS) is 12.1. The number of aldehydes is 1. The summed E-state index contributed by atoms with van der Waals surface area (Å²) < 4.78 is 15.6. The fourth-order valence-corrected chi connectivity index (χ4v) is 4.55. The molecule has 40 heavy (non-hydrogen) atoms. The third-order valence-corrected chi connectivity index (χ3v) is 6.22. The minimum absolute atomic E-state index is 0.00604. The maximum atomic E-state index is 13.6. The number of halogens is 1. The number of aliphatic hydroxyl groups is 1. The van der Waals surface area contributed by atoms with Crippen LogP contribution in [-0.2, 0) is 11.3 Å². The van der Waals surface area contributed by atoms with Crippen LogP contribution >= 0.6 is 0 Å². The average Bonchev–Trinajstić information content (AvgIpc) is 3.27. The van der Waals surface area contributed by atoms with Gasteiger partial charge in [-0.1, -0.05) is 62.9 Å². The number of likely N-dealkylation sites (N-methyl/N-ethyl adjacent to an activating group) is 1. The van der Waals surface area contributed by atoms with Gasteiger partial charge in [-0.25, -0.2) is 4.39 Å². The highest BCUT2D eigenvalue weighted by atomic mass is 19.1. The molecule has 0 amide bonds. The summed E-state index contributed by atoms with van der Waals surface area (Å²) in [5.74, 6) is -1.44. The van der Waals surface area contributed by atoms with Crippen LogP contribution in [0.5, 0.6) is 0 Å². The first-order valence-electron chi connectivity index (χ1n) is 13.2. The highest BCUT2D eigenvalue weighted by molar-refractivity contribution is 5.97. The average molecular weight is 547 g/mol. The molecule has 0 saturated heterocycles. The van der Waals surface area contributed by atoms with E-state index in [0.717, 1.165) is 40.1 Å². The number of allylic oxidation sites excluding steroid dienone is 4. The number of aliphatic hydroxyl groups excluding tert-OH is 1. The van der Waals surface area contributed by atoms with Crippen molar-refractivity contribution in [3.05, 3.63) is 108 Å². The van der Waals surface area contributed by atoms with E-state index < -0.39 is 12.1 Å². The molecule has 1 unspecified atom stereocenters. The maximum absolute atomic E-state index is 13.6. The summed E-state index contributed by atoms with van der Waals surface area (Å²) in [5.41, 5.74) is 5.52. The van der Waals surface area contributed by atoms with Crippen LogP contribution in [0.2, 0.25) is 0 Å². The van der Waals surface area contributed by atoms with Crippen molar-refractivity contribution in [2.45, 2.75) is 52.2 Å². The van der Waals surface area contributed by atoms with Gasteiger partial charge in [-0.2, -0.15) is 0 Å². The number of aromatic nitrogens is 1. The number of nitrogens with one attached hydrogen (secondary N) is 1. The molecule has 0 aliphatic rings. The van der Waals surface area contributed by atoms with Crippen LogP contribution in [0.1, 0.15) is 55.6 Å². The Morgan fingerprint density at radius 2 is 1.75 bits per heavy atom. The fourth-order valence-electron chi connectivity index (χ4n) is 4.55. The van der Waals surface area contributed by atoms with Gasteiger partial charge in [0.1, 0.15) is 5.82 Å². The van der Waals surface area contributed by atoms with Crippen molar-refractivity contribution in [2.24, 2.45) is 0 Å². The smallest absolute Gasteiger partial charge is 0.305 e. The molecule has 0 fully saturated rings. The standard InChI is InChI=1S/C25H26FNO4.C8H13N/c1-16(2)24-21(15-28)23(17-6-4-3-5-7-17)25(18-8-10-19(26)11-9-18)27(24)13-12-20(29)14-22(30)31;1-4-6-8(9-3)7-5-2/h3-11,15-16,20,29H,12-14H2,1-2H3,(H,30,31);4-7,9H,1H2,2-3H3/b;7-5-,8-6+. The molecule has 3 rings (SSSR count). The van der Waals surface area contributed by atoms with Crippen LogP contribution in [0.15, 0.2) is 91.2 Å². The van der Waals surface area contributed by atoms with Crippen molar-refractivity contribution in [1.29, 1.82) is 0 Å². The predicted molar refractivity (Wildman–Crippen MR) is 160 cm³/mol. The Balaban J connectivity index is 0.000000536. The van der Waals surface area contributed by atoms with Crippen molar-refractivity contribution < 1.29 is 24.2 Å². The molecule has 0 bridgehead atoms. The van der Waals surface area contributed by atoms with Gasteiger partial charge in [0.25, 0.3) is 0 Å². The van der Waals surface area contributed by atoms with E-state index in [4.69, 9.17) is 5.11 Å². The van der Waals surface area contributed by atoms with E-state index in [-0.39, 0.29) is 24.6 Å². The van der Waals surface area contributed by atoms with Crippen LogP contribution < -0.4 is 5.32 Å². The van der Waals surface area contributed by atoms with Crippen molar-refractivity contribution in [1.82, 2.24) is 9.88 Å². The van der Waals surface area contributed by atoms with Gasteiger partial charge in [0.2, 0.25) is 0 Å². The first-order chi connectivity index (χ1) is 19.2. The number of aliphatic carboxylic acids is 1. The summed E-state index contributed by atoms with van der Waals surface area (Å²) in [6.07, 6.45) is 7.33. The largest absolute Gasteiger partial charge is 0.481 e. The van der Waals surface area contributed by atoms with Crippen molar-refractivity contribution >= 4 is 12.3 Å². The number of carboxylic acids is 1. The van der Waals surface area contributed by atoms with Gasteiger partial charge < -0.3 is 20.1 Å². The third-order valence-electron chi connectivity index (χ3n) is 6.22. The maximum Gasteiger partial charge on any atom is 0.305 e. The summed E-state index contributed by atoms with van der Waals surface area (Å²) in [5, 5.41) is 22.1. The number of carbonyl (C=O) groups excluding carboxylic acids is 1. The van der Waals surface area contributed by atoms with Gasteiger partial charge in [-0.05, 0) is 66.8 Å². The minimum Gasteiger partial charge on any atom is -0.481 e. The second-order valence-electron chi connectivity index (χ2n) is 9.47. The quantitative estimate of drug-likeness (QED) is 0.168. The summed E-state index contributed by atoms with van der Waals surface area (Å²) in [6, 6.07) is 15.6. The lowest BCUT2D eigenvalue weighted by Gasteiger charge is -2.18. The Morgan fingerprint density at radius 1 is 1.10 bits per heavy atom. The van der Waals surface area contributed by atoms with Gasteiger partial charge in [0.05, 0.1) is 18.2 Å². The van der Waals surface area contributed by atoms with Crippen molar-refractivity contribution in [3.63, 3.8) is 0 Å². The Kier molecular flexibility index (Phi) is 12.8. The molecule has 0 saturated carbocycles. The molecule has 0 aliphatic carbocycles. The van der Waals surface area contributed by atoms with E-state index in [0.29, 0.717) is 12.1 Å². The molecule has 7 heteroatoms. The molecule has 212 valence electrons. The van der Waals surface area contributed by atoms with E-state index in [9.17, 15) is 19.1 Å². The van der Waals surface area contributed by atoms with Crippen molar-refractivity contribution in [3.8, 4) is 22.4 Å². The first kappa shape index (κ1) is 32.0. The third kappa shape index (κ3) is 8.64. The van der Waals surface area contributed by atoms with Crippen LogP contribution in [0.4, 0.5) is 4.39 Å². The number of rotatable bonds is 12. The summed E-state index contributed by atoms with van der Waals surface area (Å²) >= 11 is 0. The van der Waals surface area contributed by atoms with Gasteiger partial charge >= 0.3 is 5.97 Å². The lowest BCUT2D eigenvalue weighted by atomic mass is 9.96. The monoisotopic (exact) mass is 546 g/mol. The highest BCUT2D eigenvalue weighted by Gasteiger charge is 2.26. The number of hydrogen-bond acceptors (Lipinski definition) is 4. The summed E-state index contributed by atoms with van der Waals surface area (Å²) in [4.78, 5) is 23.2. The summed E-state index contributed by atoms with van der Waals surface area (Å²) in [6.45, 7) is 9.85. The van der Waals surface area contributed by atoms with Crippen LogP contribution in [0.25, 0.3) is 22.4 Å². The van der Waals surface area contributed by atoms with Gasteiger partial charge in [-0.3, -0.25) is 9.59 Å². The number of hydrogen-bond donors (Lipinski definition) is 3. The highest BCUT2D eigenvalue weighted by Crippen LogP contribution is 2.41. The zero-order chi connectivity index (χ0) is 29.7. The summed E-state index contributed by atoms with van der Waals surface area (Å²) in [7, 11) is 1.88. The molecule has 0 spiro atoms. The zero-order valence-corrected chi connectivity index (χ0v) is 23.6. The Labute approximate surface area is 236 Å². The number of benzene rings is 2. The molecule has 0 aliphatic heterocycles. The van der Waals surface area contributed by atoms with E-state index in [1.54, 1.807) is 18.2 Å². The molecule has 3 aromatic rings. The topological polar surface area (TPSA) is 91.6 Å². The van der Waals surface area contributed by atoms with Crippen LogP contribution in [-0.4, -0.2) is 40.2 Å². The van der Waals surface area contributed by atoms with E-state index in [1.165, 1.54) is 12.1 Å². The predicted octanol–water partition coefficient (Wildman–Crippen LogP) is 6.97. The van der Waals surface area contributed by atoms with E-state index in [1.807, 2.05) is 80.9 Å². The lowest BCUT2D eigenvalue weighted by molar-refractivity contribution is -0.139. The second kappa shape index (κ2) is 16.0. The Hall–Kier alpha value is -4.23. The molecular weight excluding hydrogens is 507 g/mol. The molecule has 0 radical (unpaired) electrons. The molecular formula is C33H39FN2O4. The number of nitrogens with zero attached hydrogens (tertiary/aromatic N) is 1. The van der Waals surface area contributed by atoms with Crippen LogP contribution in [0, 0.1) is 5.82 Å². The molecule has 6 nitrogen and oxygen atoms in total. The van der Waals surface area contributed by atoms with E-state index >= 15 is 0 Å². The Bertz CT molecular complexity index is 1320. The van der Waals surface area contributed by atoms with Gasteiger partial charge in [0, 0.05) is 36.1 Å².